The van der Waals surface area contributed by atoms with Gasteiger partial charge in [-0.3, -0.25) is 9.79 Å². The van der Waals surface area contributed by atoms with Crippen LogP contribution in [-0.2, 0) is 4.79 Å². The molecule has 0 aliphatic carbocycles. The lowest BCUT2D eigenvalue weighted by Gasteiger charge is -2.36. The van der Waals surface area contributed by atoms with Gasteiger partial charge in [-0.15, -0.1) is 24.0 Å². The number of guanidine groups is 1. The monoisotopic (exact) mass is 555 g/mol. The number of carbonyl (C=O) groups is 1. The first kappa shape index (κ1) is 23.7. The van der Waals surface area contributed by atoms with E-state index in [0.717, 1.165) is 36.6 Å². The fourth-order valence-electron chi connectivity index (χ4n) is 2.59. The van der Waals surface area contributed by atoms with Crippen LogP contribution < -0.4 is 15.0 Å². The summed E-state index contributed by atoms with van der Waals surface area (Å²) >= 11 is 3.37. The summed E-state index contributed by atoms with van der Waals surface area (Å²) in [5.41, 5.74) is 0. The topological polar surface area (TPSA) is 86.2 Å². The second-order valence-corrected chi connectivity index (χ2v) is 6.87. The highest BCUT2D eigenvalue weighted by molar-refractivity contribution is 14.0. The number of anilines is 1. The van der Waals surface area contributed by atoms with E-state index in [1.807, 2.05) is 0 Å². The summed E-state index contributed by atoms with van der Waals surface area (Å²) in [7, 11) is 6.86. The van der Waals surface area contributed by atoms with Crippen molar-refractivity contribution in [2.24, 2.45) is 4.99 Å². The van der Waals surface area contributed by atoms with Crippen LogP contribution in [0.1, 0.15) is 6.42 Å². The molecular formula is C16H27BrIN7O2. The highest BCUT2D eigenvalue weighted by atomic mass is 127. The standard InChI is InChI=1S/C16H26BrN7O2.HI/c1-18-15(19-6-5-13(25)22(2)3)23-7-9-24(10-8-23)16-20-11-12(17)14(21-16)26-4;/h11H,5-10H2,1-4H3,(H,18,19);1H. The SMILES string of the molecule is CN=C(NCCC(=O)N(C)C)N1CCN(c2ncc(Br)c(OC)n2)CC1.I. The van der Waals surface area contributed by atoms with Crippen LogP contribution in [0.15, 0.2) is 15.7 Å². The molecule has 152 valence electrons. The predicted molar refractivity (Wildman–Crippen MR) is 120 cm³/mol. The van der Waals surface area contributed by atoms with E-state index in [2.05, 4.69) is 46.0 Å². The minimum Gasteiger partial charge on any atom is -0.480 e. The molecule has 0 atom stereocenters. The number of nitrogens with one attached hydrogen (secondary N) is 1. The van der Waals surface area contributed by atoms with Crippen molar-refractivity contribution in [1.82, 2.24) is 25.1 Å². The Bertz CT molecular complexity index is 652. The Kier molecular flexibility index (Phi) is 10.1. The van der Waals surface area contributed by atoms with Crippen molar-refractivity contribution in [1.29, 1.82) is 0 Å². The van der Waals surface area contributed by atoms with Crippen molar-refractivity contribution in [2.45, 2.75) is 6.42 Å². The van der Waals surface area contributed by atoms with Crippen LogP contribution >= 0.6 is 39.9 Å². The first-order chi connectivity index (χ1) is 12.5. The van der Waals surface area contributed by atoms with Crippen molar-refractivity contribution in [3.63, 3.8) is 0 Å². The second kappa shape index (κ2) is 11.5. The minimum absolute atomic E-state index is 0. The van der Waals surface area contributed by atoms with Crippen LogP contribution in [0.5, 0.6) is 5.88 Å². The van der Waals surface area contributed by atoms with E-state index < -0.39 is 0 Å². The maximum Gasteiger partial charge on any atom is 0.232 e. The van der Waals surface area contributed by atoms with Gasteiger partial charge in [0, 0.05) is 60.3 Å². The number of halogens is 2. The van der Waals surface area contributed by atoms with Crippen LogP contribution in [0.25, 0.3) is 0 Å². The zero-order valence-electron chi connectivity index (χ0n) is 16.1. The molecule has 0 aromatic carbocycles. The van der Waals surface area contributed by atoms with Gasteiger partial charge in [0.05, 0.1) is 17.8 Å². The summed E-state index contributed by atoms with van der Waals surface area (Å²) in [5, 5.41) is 3.26. The van der Waals surface area contributed by atoms with E-state index in [-0.39, 0.29) is 29.9 Å². The summed E-state index contributed by atoms with van der Waals surface area (Å²) in [5.74, 6) is 2.09. The van der Waals surface area contributed by atoms with Gasteiger partial charge in [-0.25, -0.2) is 4.98 Å². The molecule has 0 radical (unpaired) electrons. The van der Waals surface area contributed by atoms with Crippen LogP contribution in [0.4, 0.5) is 5.95 Å². The van der Waals surface area contributed by atoms with Gasteiger partial charge < -0.3 is 24.8 Å². The van der Waals surface area contributed by atoms with Gasteiger partial charge in [0.1, 0.15) is 0 Å². The van der Waals surface area contributed by atoms with E-state index in [1.54, 1.807) is 39.3 Å². The Balaban J connectivity index is 0.00000364. The highest BCUT2D eigenvalue weighted by Crippen LogP contribution is 2.23. The summed E-state index contributed by atoms with van der Waals surface area (Å²) in [6.07, 6.45) is 2.15. The first-order valence-electron chi connectivity index (χ1n) is 8.43. The molecule has 2 rings (SSSR count). The van der Waals surface area contributed by atoms with Crippen LogP contribution in [0.2, 0.25) is 0 Å². The zero-order chi connectivity index (χ0) is 19.1. The number of carbonyl (C=O) groups excluding carboxylic acids is 1. The Morgan fingerprint density at radius 2 is 2.04 bits per heavy atom. The third-order valence-corrected chi connectivity index (χ3v) is 4.63. The Morgan fingerprint density at radius 3 is 2.59 bits per heavy atom. The number of piperazine rings is 1. The van der Waals surface area contributed by atoms with Gasteiger partial charge in [0.25, 0.3) is 0 Å². The number of rotatable bonds is 5. The van der Waals surface area contributed by atoms with Crippen molar-refractivity contribution in [3.8, 4) is 5.88 Å². The van der Waals surface area contributed by atoms with Gasteiger partial charge in [0.2, 0.25) is 17.7 Å². The maximum atomic E-state index is 11.7. The molecule has 0 spiro atoms. The van der Waals surface area contributed by atoms with Crippen LogP contribution in [0.3, 0.4) is 0 Å². The van der Waals surface area contributed by atoms with E-state index in [1.165, 1.54) is 0 Å². The molecule has 1 aromatic rings. The van der Waals surface area contributed by atoms with Crippen LogP contribution in [-0.4, -0.2) is 92.6 Å². The lowest BCUT2D eigenvalue weighted by atomic mass is 10.3. The molecule has 11 heteroatoms. The average molecular weight is 556 g/mol. The maximum absolute atomic E-state index is 11.7. The number of ether oxygens (including phenoxy) is 1. The normalized spacial score (nSPS) is 14.5. The molecule has 9 nitrogen and oxygen atoms in total. The van der Waals surface area contributed by atoms with Crippen molar-refractivity contribution < 1.29 is 9.53 Å². The largest absolute Gasteiger partial charge is 0.480 e. The number of hydrogen-bond acceptors (Lipinski definition) is 6. The molecule has 1 aromatic heterocycles. The Hall–Kier alpha value is -1.37. The number of amides is 1. The lowest BCUT2D eigenvalue weighted by Crippen LogP contribution is -2.53. The third-order valence-electron chi connectivity index (χ3n) is 4.09. The van der Waals surface area contributed by atoms with E-state index in [0.29, 0.717) is 24.8 Å². The molecule has 1 saturated heterocycles. The minimum atomic E-state index is 0. The fourth-order valence-corrected chi connectivity index (χ4v) is 2.95. The summed E-state index contributed by atoms with van der Waals surface area (Å²) in [6.45, 7) is 3.72. The average Bonchev–Trinajstić information content (AvgIpc) is 2.65. The summed E-state index contributed by atoms with van der Waals surface area (Å²) in [6, 6.07) is 0. The van der Waals surface area contributed by atoms with Gasteiger partial charge in [-0.2, -0.15) is 4.98 Å². The number of methoxy groups -OCH3 is 1. The first-order valence-corrected chi connectivity index (χ1v) is 9.22. The molecule has 1 aliphatic rings. The molecule has 0 saturated carbocycles. The van der Waals surface area contributed by atoms with Crippen LogP contribution in [0, 0.1) is 0 Å². The van der Waals surface area contributed by atoms with Gasteiger partial charge >= 0.3 is 0 Å². The van der Waals surface area contributed by atoms with Gasteiger partial charge in [-0.1, -0.05) is 0 Å². The zero-order valence-corrected chi connectivity index (χ0v) is 20.0. The quantitative estimate of drug-likeness (QED) is 0.330. The van der Waals surface area contributed by atoms with E-state index >= 15 is 0 Å². The number of aliphatic imine (C=N–C) groups is 1. The molecule has 1 fully saturated rings. The molecule has 1 N–H and O–H groups in total. The molecule has 2 heterocycles. The van der Waals surface area contributed by atoms with Crippen molar-refractivity contribution >= 4 is 57.7 Å². The van der Waals surface area contributed by atoms with Crippen molar-refractivity contribution in [2.75, 3.05) is 65.9 Å². The molecular weight excluding hydrogens is 529 g/mol. The Morgan fingerprint density at radius 1 is 1.37 bits per heavy atom. The fraction of sp³-hybridized carbons (Fsp3) is 0.625. The smallest absolute Gasteiger partial charge is 0.232 e. The second-order valence-electron chi connectivity index (χ2n) is 6.01. The summed E-state index contributed by atoms with van der Waals surface area (Å²) < 4.78 is 5.97. The molecule has 1 amide bonds. The van der Waals surface area contributed by atoms with Gasteiger partial charge in [0.15, 0.2) is 5.96 Å². The summed E-state index contributed by atoms with van der Waals surface area (Å²) in [4.78, 5) is 30.7. The van der Waals surface area contributed by atoms with Gasteiger partial charge in [-0.05, 0) is 15.9 Å². The number of aromatic nitrogens is 2. The van der Waals surface area contributed by atoms with E-state index in [4.69, 9.17) is 4.74 Å². The molecule has 1 aliphatic heterocycles. The Labute approximate surface area is 185 Å². The highest BCUT2D eigenvalue weighted by Gasteiger charge is 2.22. The predicted octanol–water partition coefficient (Wildman–Crippen LogP) is 1.04. The number of nitrogens with zero attached hydrogens (tertiary/aromatic N) is 6. The molecule has 0 unspecified atom stereocenters. The third kappa shape index (κ3) is 6.63. The molecule has 0 bridgehead atoms. The lowest BCUT2D eigenvalue weighted by molar-refractivity contribution is -0.128. The number of hydrogen-bond donors (Lipinski definition) is 1. The van der Waals surface area contributed by atoms with E-state index in [9.17, 15) is 4.79 Å². The van der Waals surface area contributed by atoms with Crippen molar-refractivity contribution in [3.05, 3.63) is 10.7 Å². The molecule has 27 heavy (non-hydrogen) atoms.